The van der Waals surface area contributed by atoms with Crippen molar-refractivity contribution in [2.75, 3.05) is 0 Å². The van der Waals surface area contributed by atoms with E-state index in [0.717, 1.165) is 30.0 Å². The van der Waals surface area contributed by atoms with Crippen LogP contribution in [0.2, 0.25) is 0 Å². The summed E-state index contributed by atoms with van der Waals surface area (Å²) in [5.74, 6) is 0.973. The molecular weight excluding hydrogens is 248 g/mol. The van der Waals surface area contributed by atoms with E-state index in [9.17, 15) is 5.26 Å². The lowest BCUT2D eigenvalue weighted by Crippen LogP contribution is -2.19. The van der Waals surface area contributed by atoms with Crippen LogP contribution >= 0.6 is 0 Å². The minimum atomic E-state index is -0.542. The van der Waals surface area contributed by atoms with Gasteiger partial charge in [-0.15, -0.1) is 0 Å². The molecule has 1 aliphatic rings. The van der Waals surface area contributed by atoms with Crippen LogP contribution in [0.1, 0.15) is 38.1 Å². The average Bonchev–Trinajstić information content (AvgIpc) is 2.88. The van der Waals surface area contributed by atoms with Gasteiger partial charge in [0.25, 0.3) is 0 Å². The maximum Gasteiger partial charge on any atom is 0.140 e. The molecule has 0 amide bonds. The van der Waals surface area contributed by atoms with Crippen molar-refractivity contribution in [1.29, 1.82) is 5.26 Å². The van der Waals surface area contributed by atoms with Crippen LogP contribution in [0.4, 0.5) is 0 Å². The van der Waals surface area contributed by atoms with Crippen LogP contribution in [-0.4, -0.2) is 14.5 Å². The van der Waals surface area contributed by atoms with Crippen molar-refractivity contribution in [3.63, 3.8) is 0 Å². The van der Waals surface area contributed by atoms with Crippen LogP contribution in [0.5, 0.6) is 0 Å². The standard InChI is InChI=1S/C16H18N4/c1-16(2,11-17)14-13-5-3-4-10-20(13)15(19-14)12-6-8-18-9-7-12/h6-9H,3-5,10H2,1-2H3. The number of hydrogen-bond donors (Lipinski definition) is 0. The molecule has 102 valence electrons. The highest BCUT2D eigenvalue weighted by Gasteiger charge is 2.31. The maximum absolute atomic E-state index is 9.42. The summed E-state index contributed by atoms with van der Waals surface area (Å²) in [5, 5.41) is 9.42. The Hall–Kier alpha value is -2.15. The summed E-state index contributed by atoms with van der Waals surface area (Å²) < 4.78 is 2.28. The van der Waals surface area contributed by atoms with Crippen molar-refractivity contribution in [1.82, 2.24) is 14.5 Å². The summed E-state index contributed by atoms with van der Waals surface area (Å²) in [6, 6.07) is 6.34. The topological polar surface area (TPSA) is 54.5 Å². The third-order valence-electron chi connectivity index (χ3n) is 3.93. The maximum atomic E-state index is 9.42. The summed E-state index contributed by atoms with van der Waals surface area (Å²) in [4.78, 5) is 8.88. The molecule has 3 heterocycles. The molecule has 0 aromatic carbocycles. The first-order valence-electron chi connectivity index (χ1n) is 7.05. The van der Waals surface area contributed by atoms with Gasteiger partial charge in [0, 0.05) is 30.2 Å². The summed E-state index contributed by atoms with van der Waals surface area (Å²) >= 11 is 0. The largest absolute Gasteiger partial charge is 0.328 e. The van der Waals surface area contributed by atoms with Crippen molar-refractivity contribution in [2.24, 2.45) is 0 Å². The van der Waals surface area contributed by atoms with Gasteiger partial charge in [0.15, 0.2) is 0 Å². The van der Waals surface area contributed by atoms with Gasteiger partial charge < -0.3 is 4.57 Å². The molecule has 0 aliphatic carbocycles. The van der Waals surface area contributed by atoms with Gasteiger partial charge in [0.05, 0.1) is 17.2 Å². The number of rotatable bonds is 2. The lowest BCUT2D eigenvalue weighted by Gasteiger charge is -2.20. The van der Waals surface area contributed by atoms with Crippen molar-refractivity contribution in [3.05, 3.63) is 35.9 Å². The van der Waals surface area contributed by atoms with Gasteiger partial charge in [0.1, 0.15) is 5.82 Å². The number of nitrogens with zero attached hydrogens (tertiary/aromatic N) is 4. The van der Waals surface area contributed by atoms with Crippen LogP contribution in [0.3, 0.4) is 0 Å². The minimum absolute atomic E-state index is 0.542. The Morgan fingerprint density at radius 2 is 2.00 bits per heavy atom. The van der Waals surface area contributed by atoms with E-state index in [1.165, 1.54) is 18.5 Å². The monoisotopic (exact) mass is 266 g/mol. The van der Waals surface area contributed by atoms with E-state index in [2.05, 4.69) is 15.6 Å². The Balaban J connectivity index is 2.20. The predicted molar refractivity (Wildman–Crippen MR) is 77.0 cm³/mol. The van der Waals surface area contributed by atoms with Gasteiger partial charge in [-0.05, 0) is 45.2 Å². The first kappa shape index (κ1) is 12.9. The number of hydrogen-bond acceptors (Lipinski definition) is 3. The third kappa shape index (κ3) is 2.00. The molecule has 0 fully saturated rings. The predicted octanol–water partition coefficient (Wildman–Crippen LogP) is 3.08. The number of fused-ring (bicyclic) bond motifs is 1. The number of imidazole rings is 1. The summed E-state index contributed by atoms with van der Waals surface area (Å²) in [6.45, 7) is 4.88. The lowest BCUT2D eigenvalue weighted by atomic mass is 9.88. The van der Waals surface area contributed by atoms with E-state index in [1.807, 2.05) is 26.0 Å². The Kier molecular flexibility index (Phi) is 3.06. The van der Waals surface area contributed by atoms with Crippen LogP contribution < -0.4 is 0 Å². The zero-order chi connectivity index (χ0) is 14.2. The smallest absolute Gasteiger partial charge is 0.140 e. The molecule has 2 aromatic heterocycles. The van der Waals surface area contributed by atoms with Crippen LogP contribution in [0.25, 0.3) is 11.4 Å². The van der Waals surface area contributed by atoms with Gasteiger partial charge in [-0.2, -0.15) is 5.26 Å². The van der Waals surface area contributed by atoms with E-state index in [-0.39, 0.29) is 0 Å². The first-order chi connectivity index (χ1) is 9.63. The fourth-order valence-electron chi connectivity index (χ4n) is 2.82. The zero-order valence-corrected chi connectivity index (χ0v) is 11.9. The van der Waals surface area contributed by atoms with E-state index in [4.69, 9.17) is 4.98 Å². The molecular formula is C16H18N4. The second kappa shape index (κ2) is 4.75. The van der Waals surface area contributed by atoms with Crippen molar-refractivity contribution >= 4 is 0 Å². The molecule has 0 N–H and O–H groups in total. The van der Waals surface area contributed by atoms with Crippen molar-refractivity contribution < 1.29 is 0 Å². The van der Waals surface area contributed by atoms with Gasteiger partial charge in [-0.25, -0.2) is 4.98 Å². The van der Waals surface area contributed by atoms with Gasteiger partial charge in [0.2, 0.25) is 0 Å². The van der Waals surface area contributed by atoms with Gasteiger partial charge in [-0.3, -0.25) is 4.98 Å². The first-order valence-corrected chi connectivity index (χ1v) is 7.05. The van der Waals surface area contributed by atoms with Gasteiger partial charge in [-0.1, -0.05) is 0 Å². The third-order valence-corrected chi connectivity index (χ3v) is 3.93. The molecule has 4 heteroatoms. The summed E-state index contributed by atoms with van der Waals surface area (Å²) in [6.07, 6.45) is 6.94. The minimum Gasteiger partial charge on any atom is -0.328 e. The van der Waals surface area contributed by atoms with Crippen LogP contribution in [0.15, 0.2) is 24.5 Å². The molecule has 0 spiro atoms. The van der Waals surface area contributed by atoms with Crippen LogP contribution in [-0.2, 0) is 18.4 Å². The van der Waals surface area contributed by atoms with E-state index >= 15 is 0 Å². The molecule has 0 radical (unpaired) electrons. The van der Waals surface area contributed by atoms with Crippen molar-refractivity contribution in [2.45, 2.75) is 45.1 Å². The van der Waals surface area contributed by atoms with E-state index in [0.29, 0.717) is 0 Å². The zero-order valence-electron chi connectivity index (χ0n) is 11.9. The van der Waals surface area contributed by atoms with Crippen LogP contribution in [0, 0.1) is 11.3 Å². The Labute approximate surface area is 119 Å². The molecule has 0 unspecified atom stereocenters. The second-order valence-electron chi connectivity index (χ2n) is 5.81. The molecule has 4 nitrogen and oxygen atoms in total. The second-order valence-corrected chi connectivity index (χ2v) is 5.81. The summed E-state index contributed by atoms with van der Waals surface area (Å²) in [5.41, 5.74) is 2.70. The highest BCUT2D eigenvalue weighted by molar-refractivity contribution is 5.57. The number of nitriles is 1. The average molecular weight is 266 g/mol. The molecule has 0 bridgehead atoms. The highest BCUT2D eigenvalue weighted by atomic mass is 15.1. The Morgan fingerprint density at radius 3 is 2.70 bits per heavy atom. The fraction of sp³-hybridized carbons (Fsp3) is 0.438. The lowest BCUT2D eigenvalue weighted by molar-refractivity contribution is 0.524. The molecule has 3 rings (SSSR count). The normalized spacial score (nSPS) is 14.7. The van der Waals surface area contributed by atoms with Crippen molar-refractivity contribution in [3.8, 4) is 17.5 Å². The SMILES string of the molecule is CC(C)(C#N)c1nc(-c2ccncc2)n2c1CCCC2. The Morgan fingerprint density at radius 1 is 1.25 bits per heavy atom. The molecule has 0 atom stereocenters. The molecule has 1 aliphatic heterocycles. The molecule has 2 aromatic rings. The quantitative estimate of drug-likeness (QED) is 0.839. The number of pyridine rings is 1. The van der Waals surface area contributed by atoms with Gasteiger partial charge >= 0.3 is 0 Å². The molecule has 0 saturated heterocycles. The Bertz CT molecular complexity index is 662. The summed E-state index contributed by atoms with van der Waals surface area (Å²) in [7, 11) is 0. The molecule has 20 heavy (non-hydrogen) atoms. The highest BCUT2D eigenvalue weighted by Crippen LogP contribution is 2.33. The van der Waals surface area contributed by atoms with E-state index in [1.54, 1.807) is 12.4 Å². The number of aromatic nitrogens is 3. The fourth-order valence-corrected chi connectivity index (χ4v) is 2.82. The molecule has 0 saturated carbocycles. The van der Waals surface area contributed by atoms with E-state index < -0.39 is 5.41 Å².